The highest BCUT2D eigenvalue weighted by Gasteiger charge is 2.23. The van der Waals surface area contributed by atoms with E-state index in [4.69, 9.17) is 33.2 Å². The zero-order valence-electron chi connectivity index (χ0n) is 9.41. The van der Waals surface area contributed by atoms with E-state index >= 15 is 0 Å². The maximum atomic E-state index is 11.7. The predicted molar refractivity (Wildman–Crippen MR) is 66.0 cm³/mol. The minimum Gasteiger partial charge on any atom is -0.462 e. The maximum Gasteiger partial charge on any atom is 0.328 e. The molecule has 0 aliphatic rings. The molecule has 1 rings (SSSR count). The largest absolute Gasteiger partial charge is 0.462 e. The van der Waals surface area contributed by atoms with Crippen molar-refractivity contribution in [2.75, 3.05) is 0 Å². The van der Waals surface area contributed by atoms with E-state index in [1.54, 1.807) is 26.0 Å². The molecule has 0 saturated carbocycles. The van der Waals surface area contributed by atoms with Crippen molar-refractivity contribution in [2.45, 2.75) is 25.9 Å². The zero-order chi connectivity index (χ0) is 13.0. The second kappa shape index (κ2) is 5.90. The quantitative estimate of drug-likeness (QED) is 0.790. The minimum absolute atomic E-state index is 0.263. The molecule has 0 spiro atoms. The number of carbonyl (C=O) groups excluding carboxylic acids is 1. The first kappa shape index (κ1) is 13.8. The summed E-state index contributed by atoms with van der Waals surface area (Å²) in [6.07, 6.45) is -0.263. The van der Waals surface area contributed by atoms with Gasteiger partial charge >= 0.3 is 5.97 Å². The van der Waals surface area contributed by atoms with Crippen molar-refractivity contribution < 1.29 is 9.53 Å². The molecular formula is C12H11Cl2NO2. The second-order valence-electron chi connectivity index (χ2n) is 3.72. The Hall–Kier alpha value is -1.24. The third-order valence-corrected chi connectivity index (χ3v) is 2.73. The van der Waals surface area contributed by atoms with Crippen LogP contribution in [-0.2, 0) is 9.53 Å². The number of nitrogens with zero attached hydrogens (tertiary/aromatic N) is 1. The van der Waals surface area contributed by atoms with Crippen LogP contribution in [0.4, 0.5) is 0 Å². The van der Waals surface area contributed by atoms with Gasteiger partial charge in [-0.3, -0.25) is 4.79 Å². The summed E-state index contributed by atoms with van der Waals surface area (Å²) in [7, 11) is 0. The van der Waals surface area contributed by atoms with E-state index in [9.17, 15) is 4.79 Å². The van der Waals surface area contributed by atoms with Crippen LogP contribution in [0.5, 0.6) is 0 Å². The molecule has 0 aliphatic heterocycles. The number of carbonyl (C=O) groups is 1. The molecule has 90 valence electrons. The Kier molecular flexibility index (Phi) is 4.80. The van der Waals surface area contributed by atoms with Gasteiger partial charge in [-0.05, 0) is 31.5 Å². The highest BCUT2D eigenvalue weighted by atomic mass is 35.5. The minimum atomic E-state index is -0.979. The van der Waals surface area contributed by atoms with Crippen molar-refractivity contribution in [1.82, 2.24) is 0 Å². The summed E-state index contributed by atoms with van der Waals surface area (Å²) in [4.78, 5) is 11.7. The van der Waals surface area contributed by atoms with Gasteiger partial charge in [-0.2, -0.15) is 5.26 Å². The van der Waals surface area contributed by atoms with Crippen LogP contribution in [0.3, 0.4) is 0 Å². The van der Waals surface area contributed by atoms with Crippen LogP contribution in [0.2, 0.25) is 10.0 Å². The number of benzene rings is 1. The van der Waals surface area contributed by atoms with E-state index in [0.717, 1.165) is 0 Å². The molecule has 1 unspecified atom stereocenters. The van der Waals surface area contributed by atoms with Gasteiger partial charge in [0, 0.05) is 0 Å². The molecular weight excluding hydrogens is 261 g/mol. The van der Waals surface area contributed by atoms with Gasteiger partial charge in [0.2, 0.25) is 0 Å². The molecule has 1 aromatic carbocycles. The van der Waals surface area contributed by atoms with Gasteiger partial charge in [0.25, 0.3) is 0 Å². The lowest BCUT2D eigenvalue weighted by Gasteiger charge is -2.12. The lowest BCUT2D eigenvalue weighted by Crippen LogP contribution is -2.18. The summed E-state index contributed by atoms with van der Waals surface area (Å²) in [5.41, 5.74) is 0.479. The normalized spacial score (nSPS) is 12.0. The second-order valence-corrected chi connectivity index (χ2v) is 4.54. The Morgan fingerprint density at radius 3 is 2.47 bits per heavy atom. The molecule has 0 aromatic heterocycles. The van der Waals surface area contributed by atoms with Gasteiger partial charge < -0.3 is 4.74 Å². The van der Waals surface area contributed by atoms with Crippen LogP contribution in [0, 0.1) is 11.3 Å². The summed E-state index contributed by atoms with van der Waals surface area (Å²) < 4.78 is 4.99. The van der Waals surface area contributed by atoms with E-state index < -0.39 is 11.9 Å². The third-order valence-electron chi connectivity index (χ3n) is 1.99. The van der Waals surface area contributed by atoms with Gasteiger partial charge in [0.05, 0.1) is 22.2 Å². The number of esters is 1. The molecule has 1 aromatic rings. The molecule has 0 bridgehead atoms. The summed E-state index contributed by atoms with van der Waals surface area (Å²) in [6, 6.07) is 6.53. The number of hydrogen-bond donors (Lipinski definition) is 0. The SMILES string of the molecule is CC(C)OC(=O)C(C#N)c1ccc(Cl)c(Cl)c1. The Morgan fingerprint density at radius 2 is 2.00 bits per heavy atom. The summed E-state index contributed by atoms with van der Waals surface area (Å²) >= 11 is 11.6. The number of nitriles is 1. The van der Waals surface area contributed by atoms with Crippen molar-refractivity contribution in [3.05, 3.63) is 33.8 Å². The highest BCUT2D eigenvalue weighted by molar-refractivity contribution is 6.42. The lowest BCUT2D eigenvalue weighted by molar-refractivity contribution is -0.147. The number of ether oxygens (including phenoxy) is 1. The molecule has 0 N–H and O–H groups in total. The van der Waals surface area contributed by atoms with E-state index in [1.807, 2.05) is 6.07 Å². The third kappa shape index (κ3) is 3.62. The molecule has 5 heteroatoms. The van der Waals surface area contributed by atoms with Gasteiger partial charge in [-0.25, -0.2) is 0 Å². The van der Waals surface area contributed by atoms with Crippen molar-refractivity contribution in [3.63, 3.8) is 0 Å². The Morgan fingerprint density at radius 1 is 1.35 bits per heavy atom. The van der Waals surface area contributed by atoms with E-state index in [-0.39, 0.29) is 6.10 Å². The smallest absolute Gasteiger partial charge is 0.328 e. The van der Waals surface area contributed by atoms with Crippen molar-refractivity contribution in [2.24, 2.45) is 0 Å². The number of rotatable bonds is 3. The molecule has 0 fully saturated rings. The fourth-order valence-electron chi connectivity index (χ4n) is 1.26. The molecule has 0 heterocycles. The molecule has 1 atom stereocenters. The van der Waals surface area contributed by atoms with Gasteiger partial charge in [0.1, 0.15) is 0 Å². The lowest BCUT2D eigenvalue weighted by atomic mass is 10.0. The van der Waals surface area contributed by atoms with Crippen LogP contribution >= 0.6 is 23.2 Å². The Bertz CT molecular complexity index is 466. The number of hydrogen-bond acceptors (Lipinski definition) is 3. The molecule has 0 aliphatic carbocycles. The molecule has 17 heavy (non-hydrogen) atoms. The first-order valence-electron chi connectivity index (χ1n) is 5.00. The Balaban J connectivity index is 2.98. The average Bonchev–Trinajstić information content (AvgIpc) is 2.23. The first-order valence-corrected chi connectivity index (χ1v) is 5.76. The average molecular weight is 272 g/mol. The van der Waals surface area contributed by atoms with E-state index in [0.29, 0.717) is 15.6 Å². The van der Waals surface area contributed by atoms with Crippen LogP contribution in [0.15, 0.2) is 18.2 Å². The summed E-state index contributed by atoms with van der Waals surface area (Å²) in [5, 5.41) is 9.68. The summed E-state index contributed by atoms with van der Waals surface area (Å²) in [6.45, 7) is 3.45. The predicted octanol–water partition coefficient (Wildman–Crippen LogP) is 3.55. The molecule has 0 amide bonds. The van der Waals surface area contributed by atoms with Crippen molar-refractivity contribution in [1.29, 1.82) is 5.26 Å². The van der Waals surface area contributed by atoms with Gasteiger partial charge in [-0.15, -0.1) is 0 Å². The topological polar surface area (TPSA) is 50.1 Å². The molecule has 0 saturated heterocycles. The standard InChI is InChI=1S/C12H11Cl2NO2/c1-7(2)17-12(16)9(6-15)8-3-4-10(13)11(14)5-8/h3-5,7,9H,1-2H3. The fourth-order valence-corrected chi connectivity index (χ4v) is 1.56. The fraction of sp³-hybridized carbons (Fsp3) is 0.333. The van der Waals surface area contributed by atoms with Crippen LogP contribution < -0.4 is 0 Å². The van der Waals surface area contributed by atoms with Crippen molar-refractivity contribution >= 4 is 29.2 Å². The van der Waals surface area contributed by atoms with E-state index in [2.05, 4.69) is 0 Å². The van der Waals surface area contributed by atoms with E-state index in [1.165, 1.54) is 6.07 Å². The van der Waals surface area contributed by atoms with Crippen molar-refractivity contribution in [3.8, 4) is 6.07 Å². The summed E-state index contributed by atoms with van der Waals surface area (Å²) in [5.74, 6) is -1.56. The first-order chi connectivity index (χ1) is 7.95. The number of halogens is 2. The van der Waals surface area contributed by atoms with Gasteiger partial charge in [-0.1, -0.05) is 29.3 Å². The van der Waals surface area contributed by atoms with Crippen LogP contribution in [0.25, 0.3) is 0 Å². The molecule has 3 nitrogen and oxygen atoms in total. The van der Waals surface area contributed by atoms with Crippen LogP contribution in [-0.4, -0.2) is 12.1 Å². The zero-order valence-corrected chi connectivity index (χ0v) is 10.9. The maximum absolute atomic E-state index is 11.7. The Labute approximate surface area is 110 Å². The monoisotopic (exact) mass is 271 g/mol. The van der Waals surface area contributed by atoms with Gasteiger partial charge in [0.15, 0.2) is 5.92 Å². The molecule has 0 radical (unpaired) electrons. The highest BCUT2D eigenvalue weighted by Crippen LogP contribution is 2.27. The van der Waals surface area contributed by atoms with Crippen LogP contribution in [0.1, 0.15) is 25.3 Å².